The van der Waals surface area contributed by atoms with E-state index in [1.54, 1.807) is 0 Å². The first-order chi connectivity index (χ1) is 11.2. The third-order valence-corrected chi connectivity index (χ3v) is 6.24. The van der Waals surface area contributed by atoms with E-state index in [2.05, 4.69) is 34.5 Å². The molecule has 1 aliphatic carbocycles. The number of likely N-dealkylation sites (tertiary alicyclic amines) is 1. The second kappa shape index (κ2) is 6.21. The largest absolute Gasteiger partial charge is 0.352 e. The van der Waals surface area contributed by atoms with E-state index in [4.69, 9.17) is 4.98 Å². The first-order valence-corrected chi connectivity index (χ1v) is 9.42. The van der Waals surface area contributed by atoms with Crippen LogP contribution < -0.4 is 5.32 Å². The number of hydrogen-bond donors (Lipinski definition) is 1. The molecule has 1 aromatic heterocycles. The van der Waals surface area contributed by atoms with E-state index in [0.29, 0.717) is 12.0 Å². The van der Waals surface area contributed by atoms with Crippen LogP contribution in [0.25, 0.3) is 10.2 Å². The van der Waals surface area contributed by atoms with E-state index in [-0.39, 0.29) is 11.9 Å². The average Bonchev–Trinajstić information content (AvgIpc) is 3.29. The van der Waals surface area contributed by atoms with Gasteiger partial charge in [-0.25, -0.2) is 4.98 Å². The molecule has 2 fully saturated rings. The number of piperidine rings is 1. The Morgan fingerprint density at radius 3 is 2.70 bits per heavy atom. The lowest BCUT2D eigenvalue weighted by Gasteiger charge is -2.34. The zero-order chi connectivity index (χ0) is 15.8. The molecule has 5 heteroatoms. The zero-order valence-electron chi connectivity index (χ0n) is 13.5. The molecule has 1 N–H and O–H groups in total. The fraction of sp³-hybridized carbons (Fsp3) is 0.556. The van der Waals surface area contributed by atoms with Crippen LogP contribution in [0.5, 0.6) is 0 Å². The van der Waals surface area contributed by atoms with Crippen molar-refractivity contribution < 1.29 is 4.79 Å². The summed E-state index contributed by atoms with van der Waals surface area (Å²) in [5, 5.41) is 4.39. The van der Waals surface area contributed by atoms with Gasteiger partial charge >= 0.3 is 0 Å². The standard InChI is InChI=1S/C18H23N3OS/c1-12(17(22)19-14-6-7-14)21-10-8-13(9-11-21)18-20-15-4-2-3-5-16(15)23-18/h2-5,12-14H,6-11H2,1H3,(H,19,22)/t12-/m1/s1. The monoisotopic (exact) mass is 329 g/mol. The van der Waals surface area contributed by atoms with Crippen LogP contribution in [0.1, 0.15) is 43.5 Å². The van der Waals surface area contributed by atoms with Gasteiger partial charge in [0.05, 0.1) is 21.3 Å². The third kappa shape index (κ3) is 3.26. The summed E-state index contributed by atoms with van der Waals surface area (Å²) in [6, 6.07) is 8.81. The number of aromatic nitrogens is 1. The molecule has 1 saturated carbocycles. The van der Waals surface area contributed by atoms with Crippen LogP contribution >= 0.6 is 11.3 Å². The molecule has 1 aromatic carbocycles. The van der Waals surface area contributed by atoms with Crippen LogP contribution in [-0.2, 0) is 4.79 Å². The van der Waals surface area contributed by atoms with Gasteiger partial charge in [-0.3, -0.25) is 9.69 Å². The number of nitrogens with one attached hydrogen (secondary N) is 1. The molecular weight excluding hydrogens is 306 g/mol. The number of carbonyl (C=O) groups excluding carboxylic acids is 1. The summed E-state index contributed by atoms with van der Waals surface area (Å²) in [6.07, 6.45) is 4.50. The van der Waals surface area contributed by atoms with E-state index in [9.17, 15) is 4.79 Å². The molecule has 1 amide bonds. The molecule has 122 valence electrons. The highest BCUT2D eigenvalue weighted by molar-refractivity contribution is 7.18. The van der Waals surface area contributed by atoms with Gasteiger partial charge in [0, 0.05) is 12.0 Å². The maximum Gasteiger partial charge on any atom is 0.237 e. The van der Waals surface area contributed by atoms with Gasteiger partial charge in [-0.1, -0.05) is 12.1 Å². The summed E-state index contributed by atoms with van der Waals surface area (Å²) < 4.78 is 1.28. The summed E-state index contributed by atoms with van der Waals surface area (Å²) in [6.45, 7) is 4.01. The van der Waals surface area contributed by atoms with Crippen molar-refractivity contribution in [2.24, 2.45) is 0 Å². The predicted octanol–water partition coefficient (Wildman–Crippen LogP) is 3.14. The zero-order valence-corrected chi connectivity index (χ0v) is 14.3. The van der Waals surface area contributed by atoms with Crippen LogP contribution in [-0.4, -0.2) is 41.0 Å². The van der Waals surface area contributed by atoms with Gasteiger partial charge in [-0.05, 0) is 57.8 Å². The average molecular weight is 329 g/mol. The Morgan fingerprint density at radius 2 is 2.00 bits per heavy atom. The van der Waals surface area contributed by atoms with E-state index in [0.717, 1.165) is 44.3 Å². The van der Waals surface area contributed by atoms with Gasteiger partial charge in [0.2, 0.25) is 5.91 Å². The number of para-hydroxylation sites is 1. The van der Waals surface area contributed by atoms with Crippen molar-refractivity contribution in [3.8, 4) is 0 Å². The van der Waals surface area contributed by atoms with Crippen LogP contribution in [0.2, 0.25) is 0 Å². The van der Waals surface area contributed by atoms with E-state index in [1.165, 1.54) is 9.71 Å². The smallest absolute Gasteiger partial charge is 0.237 e. The molecule has 2 heterocycles. The molecular formula is C18H23N3OS. The van der Waals surface area contributed by atoms with E-state index < -0.39 is 0 Å². The summed E-state index contributed by atoms with van der Waals surface area (Å²) in [4.78, 5) is 19.3. The van der Waals surface area contributed by atoms with Gasteiger partial charge in [0.25, 0.3) is 0 Å². The van der Waals surface area contributed by atoms with Crippen LogP contribution in [0, 0.1) is 0 Å². The lowest BCUT2D eigenvalue weighted by Crippen LogP contribution is -2.48. The Kier molecular flexibility index (Phi) is 4.07. The summed E-state index contributed by atoms with van der Waals surface area (Å²) in [7, 11) is 0. The number of amides is 1. The first kappa shape index (κ1) is 15.1. The first-order valence-electron chi connectivity index (χ1n) is 8.60. The number of benzene rings is 1. The van der Waals surface area contributed by atoms with Gasteiger partial charge in [-0.2, -0.15) is 0 Å². The Bertz CT molecular complexity index is 668. The van der Waals surface area contributed by atoms with E-state index >= 15 is 0 Å². The topological polar surface area (TPSA) is 45.2 Å². The maximum atomic E-state index is 12.2. The Balaban J connectivity index is 1.37. The molecule has 2 aliphatic rings. The van der Waals surface area contributed by atoms with Crippen LogP contribution in [0.15, 0.2) is 24.3 Å². The second-order valence-corrected chi connectivity index (χ2v) is 7.85. The number of thiazole rings is 1. The molecule has 1 aliphatic heterocycles. The molecule has 4 rings (SSSR count). The van der Waals surface area contributed by atoms with Crippen molar-refractivity contribution in [2.45, 2.75) is 50.6 Å². The predicted molar refractivity (Wildman–Crippen MR) is 93.8 cm³/mol. The molecule has 1 atom stereocenters. The van der Waals surface area contributed by atoms with Gasteiger partial charge in [0.15, 0.2) is 0 Å². The highest BCUT2D eigenvalue weighted by Crippen LogP contribution is 2.34. The molecule has 0 spiro atoms. The summed E-state index contributed by atoms with van der Waals surface area (Å²) >= 11 is 1.83. The Hall–Kier alpha value is -1.46. The lowest BCUT2D eigenvalue weighted by atomic mass is 9.96. The fourth-order valence-electron chi connectivity index (χ4n) is 3.31. The number of carbonyl (C=O) groups is 1. The number of hydrogen-bond acceptors (Lipinski definition) is 4. The minimum absolute atomic E-state index is 0.00748. The van der Waals surface area contributed by atoms with Crippen LogP contribution in [0.4, 0.5) is 0 Å². The van der Waals surface area contributed by atoms with E-state index in [1.807, 2.05) is 18.3 Å². The number of fused-ring (bicyclic) bond motifs is 1. The molecule has 23 heavy (non-hydrogen) atoms. The van der Waals surface area contributed by atoms with Crippen molar-refractivity contribution in [2.75, 3.05) is 13.1 Å². The number of rotatable bonds is 4. The van der Waals surface area contributed by atoms with Gasteiger partial charge in [0.1, 0.15) is 0 Å². The summed E-state index contributed by atoms with van der Waals surface area (Å²) in [5.74, 6) is 0.744. The summed E-state index contributed by atoms with van der Waals surface area (Å²) in [5.41, 5.74) is 1.12. The maximum absolute atomic E-state index is 12.2. The van der Waals surface area contributed by atoms with Gasteiger partial charge in [-0.15, -0.1) is 11.3 Å². The second-order valence-electron chi connectivity index (χ2n) is 6.79. The van der Waals surface area contributed by atoms with Crippen molar-refractivity contribution in [3.63, 3.8) is 0 Å². The number of nitrogens with zero attached hydrogens (tertiary/aromatic N) is 2. The molecule has 0 bridgehead atoms. The van der Waals surface area contributed by atoms with Crippen LogP contribution in [0.3, 0.4) is 0 Å². The molecule has 2 aromatic rings. The molecule has 1 saturated heterocycles. The minimum atomic E-state index is -0.00748. The molecule has 0 unspecified atom stereocenters. The SMILES string of the molecule is C[C@H](C(=O)NC1CC1)N1CCC(c2nc3ccccc3s2)CC1. The Morgan fingerprint density at radius 1 is 1.26 bits per heavy atom. The quantitative estimate of drug-likeness (QED) is 0.937. The van der Waals surface area contributed by atoms with Crippen molar-refractivity contribution in [1.82, 2.24) is 15.2 Å². The van der Waals surface area contributed by atoms with Crippen molar-refractivity contribution >= 4 is 27.5 Å². The highest BCUT2D eigenvalue weighted by Gasteiger charge is 2.31. The fourth-order valence-corrected chi connectivity index (χ4v) is 4.45. The lowest BCUT2D eigenvalue weighted by molar-refractivity contribution is -0.126. The highest BCUT2D eigenvalue weighted by atomic mass is 32.1. The molecule has 0 radical (unpaired) electrons. The molecule has 4 nitrogen and oxygen atoms in total. The third-order valence-electron chi connectivity index (χ3n) is 5.04. The van der Waals surface area contributed by atoms with Crippen molar-refractivity contribution in [3.05, 3.63) is 29.3 Å². The normalized spacial score (nSPS) is 21.4. The van der Waals surface area contributed by atoms with Crippen molar-refractivity contribution in [1.29, 1.82) is 0 Å². The minimum Gasteiger partial charge on any atom is -0.352 e. The Labute approximate surface area is 140 Å². The van der Waals surface area contributed by atoms with Gasteiger partial charge < -0.3 is 5.32 Å².